The van der Waals surface area contributed by atoms with Crippen molar-refractivity contribution in [2.75, 3.05) is 0 Å². The van der Waals surface area contributed by atoms with E-state index in [0.29, 0.717) is 0 Å². The fraction of sp³-hybridized carbons (Fsp3) is 0. The third kappa shape index (κ3) is 1.94. The average molecular weight is 402 g/mol. The van der Waals surface area contributed by atoms with E-state index in [2.05, 4.69) is 22.5 Å². The largest absolute Gasteiger partial charge is 0.304 e. The summed E-state index contributed by atoms with van der Waals surface area (Å²) in [5.74, 6) is 0. The van der Waals surface area contributed by atoms with Crippen LogP contribution in [0.25, 0.3) is 21.3 Å². The molecule has 0 amide bonds. The first-order valence-corrected chi connectivity index (χ1v) is 5.62. The molecule has 0 aliphatic carbocycles. The van der Waals surface area contributed by atoms with Crippen LogP contribution in [-0.2, 0) is 20.1 Å². The number of hydrogen-bond donors (Lipinski definition) is 0. The van der Waals surface area contributed by atoms with Gasteiger partial charge < -0.3 is 4.98 Å². The van der Waals surface area contributed by atoms with Crippen LogP contribution in [0.15, 0.2) is 48.0 Å². The van der Waals surface area contributed by atoms with Crippen molar-refractivity contribution in [1.82, 2.24) is 4.98 Å². The molecule has 0 atom stereocenters. The number of thiophene rings is 1. The predicted octanol–water partition coefficient (Wildman–Crippen LogP) is 3.76. The molecule has 0 fully saturated rings. The third-order valence-electron chi connectivity index (χ3n) is 2.34. The number of nitrogens with zero attached hydrogens (tertiary/aromatic N) is 1. The number of rotatable bonds is 1. The molecule has 0 aliphatic rings. The minimum atomic E-state index is 0. The molecule has 2 heterocycles. The number of aromatic nitrogens is 1. The third-order valence-corrected chi connectivity index (χ3v) is 3.23. The first-order chi connectivity index (χ1) is 7.45. The van der Waals surface area contributed by atoms with Gasteiger partial charge in [-0.3, -0.25) is 0 Å². The number of pyridine rings is 1. The monoisotopic (exact) mass is 403 g/mol. The summed E-state index contributed by atoms with van der Waals surface area (Å²) in [6.45, 7) is 0. The average Bonchev–Trinajstić information content (AvgIpc) is 2.78. The van der Waals surface area contributed by atoms with Crippen LogP contribution in [0.3, 0.4) is 0 Å². The molecule has 0 unspecified atom stereocenters. The second kappa shape index (κ2) is 4.87. The number of benzene rings is 1. The Kier molecular flexibility index (Phi) is 3.49. The molecule has 0 spiro atoms. The van der Waals surface area contributed by atoms with Gasteiger partial charge in [-0.2, -0.15) is 0 Å². The van der Waals surface area contributed by atoms with E-state index >= 15 is 0 Å². The van der Waals surface area contributed by atoms with Crippen LogP contribution in [-0.4, -0.2) is 4.98 Å². The van der Waals surface area contributed by atoms with Gasteiger partial charge >= 0.3 is 0 Å². The van der Waals surface area contributed by atoms with E-state index in [9.17, 15) is 0 Å². The summed E-state index contributed by atoms with van der Waals surface area (Å²) in [7, 11) is 0. The Labute approximate surface area is 112 Å². The Morgan fingerprint density at radius 1 is 1.12 bits per heavy atom. The molecule has 0 saturated heterocycles. The maximum atomic E-state index is 4.42. The van der Waals surface area contributed by atoms with Gasteiger partial charge in [0.2, 0.25) is 0 Å². The molecule has 3 aromatic rings. The first-order valence-electron chi connectivity index (χ1n) is 4.74. The molecule has 1 aromatic carbocycles. The molecule has 1 nitrogen and oxygen atoms in total. The smallest absolute Gasteiger partial charge is 0.0286 e. The van der Waals surface area contributed by atoms with E-state index in [4.69, 9.17) is 0 Å². The van der Waals surface area contributed by atoms with E-state index < -0.39 is 0 Å². The van der Waals surface area contributed by atoms with Gasteiger partial charge in [-0.25, -0.2) is 0 Å². The van der Waals surface area contributed by atoms with Crippen LogP contribution < -0.4 is 0 Å². The van der Waals surface area contributed by atoms with Gasteiger partial charge in [-0.05, 0) is 22.5 Å². The van der Waals surface area contributed by atoms with Gasteiger partial charge in [0.1, 0.15) is 0 Å². The van der Waals surface area contributed by atoms with E-state index in [1.165, 1.54) is 10.1 Å². The van der Waals surface area contributed by atoms with Crippen molar-refractivity contribution in [2.45, 2.75) is 0 Å². The van der Waals surface area contributed by atoms with Gasteiger partial charge in [0.25, 0.3) is 0 Å². The van der Waals surface area contributed by atoms with E-state index in [1.807, 2.05) is 36.5 Å². The molecule has 3 heteroatoms. The standard InChI is InChI=1S/C13H8NS.Ir/c1-2-4-10(5-3-1)13-11-7-9-15-12(11)6-8-14-13;/h1-4,6-9H;/q-1;. The Bertz CT molecular complexity index is 589. The van der Waals surface area contributed by atoms with Crippen molar-refractivity contribution >= 4 is 21.4 Å². The SMILES string of the molecule is [Ir].[c-]1ccccc1-c1nccc2sccc12. The van der Waals surface area contributed by atoms with E-state index in [-0.39, 0.29) is 20.1 Å². The van der Waals surface area contributed by atoms with Gasteiger partial charge in [-0.1, -0.05) is 6.07 Å². The Morgan fingerprint density at radius 2 is 2.06 bits per heavy atom. The van der Waals surface area contributed by atoms with E-state index in [0.717, 1.165) is 11.3 Å². The molecule has 3 rings (SSSR count). The predicted molar refractivity (Wildman–Crippen MR) is 63.9 cm³/mol. The minimum absolute atomic E-state index is 0. The minimum Gasteiger partial charge on any atom is -0.304 e. The van der Waals surface area contributed by atoms with Crippen molar-refractivity contribution in [3.05, 3.63) is 54.0 Å². The second-order valence-electron chi connectivity index (χ2n) is 3.27. The van der Waals surface area contributed by atoms with Gasteiger partial charge in [0, 0.05) is 31.0 Å². The number of fused-ring (bicyclic) bond motifs is 1. The first kappa shape index (κ1) is 11.5. The zero-order valence-electron chi connectivity index (χ0n) is 8.31. The number of hydrogen-bond acceptors (Lipinski definition) is 2. The van der Waals surface area contributed by atoms with Crippen molar-refractivity contribution < 1.29 is 20.1 Å². The quantitative estimate of drug-likeness (QED) is 0.565. The molecule has 0 N–H and O–H groups in total. The van der Waals surface area contributed by atoms with Crippen molar-refractivity contribution in [2.24, 2.45) is 0 Å². The fourth-order valence-corrected chi connectivity index (χ4v) is 2.43. The molecule has 0 saturated carbocycles. The summed E-state index contributed by atoms with van der Waals surface area (Å²) in [5.41, 5.74) is 2.08. The zero-order chi connectivity index (χ0) is 10.1. The maximum absolute atomic E-state index is 4.42. The van der Waals surface area contributed by atoms with E-state index in [1.54, 1.807) is 11.3 Å². The van der Waals surface area contributed by atoms with Crippen LogP contribution in [0.5, 0.6) is 0 Å². The van der Waals surface area contributed by atoms with Gasteiger partial charge in [0.15, 0.2) is 0 Å². The Morgan fingerprint density at radius 3 is 2.88 bits per heavy atom. The van der Waals surface area contributed by atoms with Gasteiger partial charge in [-0.15, -0.1) is 47.2 Å². The summed E-state index contributed by atoms with van der Waals surface area (Å²) >= 11 is 1.74. The van der Waals surface area contributed by atoms with Crippen molar-refractivity contribution in [3.8, 4) is 11.3 Å². The second-order valence-corrected chi connectivity index (χ2v) is 4.22. The summed E-state index contributed by atoms with van der Waals surface area (Å²) in [6, 6.07) is 15.3. The summed E-state index contributed by atoms with van der Waals surface area (Å²) in [5, 5.41) is 3.31. The normalized spacial score (nSPS) is 10.0. The molecule has 1 radical (unpaired) electrons. The van der Waals surface area contributed by atoms with Crippen LogP contribution in [0.2, 0.25) is 0 Å². The molecule has 0 bridgehead atoms. The molecule has 16 heavy (non-hydrogen) atoms. The van der Waals surface area contributed by atoms with Gasteiger partial charge in [0.05, 0.1) is 0 Å². The summed E-state index contributed by atoms with van der Waals surface area (Å²) in [4.78, 5) is 4.42. The molecule has 81 valence electrons. The fourth-order valence-electron chi connectivity index (χ4n) is 1.65. The van der Waals surface area contributed by atoms with Crippen molar-refractivity contribution in [1.29, 1.82) is 0 Å². The summed E-state index contributed by atoms with van der Waals surface area (Å²) < 4.78 is 1.28. The Balaban J connectivity index is 0.000000963. The van der Waals surface area contributed by atoms with Crippen LogP contribution in [0, 0.1) is 6.07 Å². The summed E-state index contributed by atoms with van der Waals surface area (Å²) in [6.07, 6.45) is 1.86. The maximum Gasteiger partial charge on any atom is 0.0286 e. The van der Waals surface area contributed by atoms with Crippen LogP contribution in [0.1, 0.15) is 0 Å². The van der Waals surface area contributed by atoms with Crippen molar-refractivity contribution in [3.63, 3.8) is 0 Å². The molecule has 0 aliphatic heterocycles. The van der Waals surface area contributed by atoms with Crippen LogP contribution >= 0.6 is 11.3 Å². The molecule has 2 aromatic heterocycles. The topological polar surface area (TPSA) is 12.9 Å². The van der Waals surface area contributed by atoms with Crippen LogP contribution in [0.4, 0.5) is 0 Å². The molecular weight excluding hydrogens is 394 g/mol. The zero-order valence-corrected chi connectivity index (χ0v) is 11.5. The Hall–Kier alpha value is -1.02. The molecular formula is C13H8IrNS-.